The van der Waals surface area contributed by atoms with E-state index in [1.165, 1.54) is 5.56 Å². The van der Waals surface area contributed by atoms with Crippen LogP contribution in [0.2, 0.25) is 0 Å². The quantitative estimate of drug-likeness (QED) is 0.709. The first-order valence-corrected chi connectivity index (χ1v) is 4.73. The van der Waals surface area contributed by atoms with Gasteiger partial charge in [0.05, 0.1) is 18.5 Å². The van der Waals surface area contributed by atoms with Gasteiger partial charge in [-0.15, -0.1) is 0 Å². The molecule has 1 aliphatic rings. The predicted molar refractivity (Wildman–Crippen MR) is 50.8 cm³/mol. The third-order valence-electron chi connectivity index (χ3n) is 2.64. The van der Waals surface area contributed by atoms with E-state index >= 15 is 0 Å². The molecule has 2 aromatic rings. The van der Waals surface area contributed by atoms with Crippen LogP contribution in [-0.2, 0) is 6.42 Å². The lowest BCUT2D eigenvalue weighted by molar-refractivity contribution is 0.456. The van der Waals surface area contributed by atoms with Crippen LogP contribution in [0.5, 0.6) is 0 Å². The van der Waals surface area contributed by atoms with Gasteiger partial charge in [0.25, 0.3) is 0 Å². The van der Waals surface area contributed by atoms with Crippen molar-refractivity contribution in [3.8, 4) is 0 Å². The summed E-state index contributed by atoms with van der Waals surface area (Å²) in [5, 5.41) is 10.2. The molecule has 4 heteroatoms. The minimum Gasteiger partial charge on any atom is -0.469 e. The third kappa shape index (κ3) is 1.08. The van der Waals surface area contributed by atoms with Crippen molar-refractivity contribution < 1.29 is 4.42 Å². The fourth-order valence-electron chi connectivity index (χ4n) is 1.97. The first-order valence-electron chi connectivity index (χ1n) is 4.73. The maximum atomic E-state index is 5.41. The zero-order chi connectivity index (χ0) is 9.38. The molecule has 0 saturated carbocycles. The summed E-state index contributed by atoms with van der Waals surface area (Å²) in [6.07, 6.45) is 6.49. The molecule has 0 bridgehead atoms. The summed E-state index contributed by atoms with van der Waals surface area (Å²) < 4.78 is 5.41. The molecular weight excluding hydrogens is 178 g/mol. The molecule has 0 aromatic carbocycles. The molecule has 0 amide bonds. The lowest BCUT2D eigenvalue weighted by atomic mass is 9.97. The number of nitrogens with one attached hydrogen (secondary N) is 2. The molecule has 72 valence electrons. The smallest absolute Gasteiger partial charge is 0.110 e. The molecule has 1 atom stereocenters. The summed E-state index contributed by atoms with van der Waals surface area (Å²) in [5.41, 5.74) is 2.39. The Bertz CT molecular complexity index is 418. The second-order valence-electron chi connectivity index (χ2n) is 3.47. The Morgan fingerprint density at radius 1 is 1.50 bits per heavy atom. The first kappa shape index (κ1) is 7.82. The number of H-pyrrole nitrogens is 1. The Morgan fingerprint density at radius 2 is 2.50 bits per heavy atom. The number of aromatic nitrogens is 2. The van der Waals surface area contributed by atoms with Crippen LogP contribution in [0.15, 0.2) is 29.1 Å². The normalized spacial score (nSPS) is 20.7. The maximum Gasteiger partial charge on any atom is 0.110 e. The van der Waals surface area contributed by atoms with E-state index in [-0.39, 0.29) is 6.04 Å². The molecule has 0 aliphatic carbocycles. The monoisotopic (exact) mass is 189 g/mol. The number of furan rings is 1. The molecule has 14 heavy (non-hydrogen) atoms. The van der Waals surface area contributed by atoms with Crippen molar-refractivity contribution in [2.75, 3.05) is 6.54 Å². The number of rotatable bonds is 1. The fraction of sp³-hybridized carbons (Fsp3) is 0.300. The van der Waals surface area contributed by atoms with E-state index in [1.54, 1.807) is 6.26 Å². The number of aromatic amines is 1. The Kier molecular flexibility index (Phi) is 1.67. The molecule has 3 heterocycles. The highest BCUT2D eigenvalue weighted by molar-refractivity contribution is 5.32. The third-order valence-corrected chi connectivity index (χ3v) is 2.64. The van der Waals surface area contributed by atoms with Crippen molar-refractivity contribution in [2.24, 2.45) is 0 Å². The molecule has 3 rings (SSSR count). The van der Waals surface area contributed by atoms with E-state index in [4.69, 9.17) is 4.42 Å². The highest BCUT2D eigenvalue weighted by Gasteiger charge is 2.23. The van der Waals surface area contributed by atoms with Crippen molar-refractivity contribution >= 4 is 0 Å². The van der Waals surface area contributed by atoms with Crippen LogP contribution in [-0.4, -0.2) is 16.7 Å². The van der Waals surface area contributed by atoms with Gasteiger partial charge in [-0.3, -0.25) is 5.10 Å². The molecule has 2 aromatic heterocycles. The van der Waals surface area contributed by atoms with E-state index in [0.29, 0.717) is 0 Å². The molecule has 0 saturated heterocycles. The van der Waals surface area contributed by atoms with Gasteiger partial charge in [0.1, 0.15) is 5.76 Å². The Hall–Kier alpha value is -1.55. The highest BCUT2D eigenvalue weighted by Crippen LogP contribution is 2.28. The zero-order valence-corrected chi connectivity index (χ0v) is 7.66. The predicted octanol–water partition coefficient (Wildman–Crippen LogP) is 1.24. The van der Waals surface area contributed by atoms with Gasteiger partial charge in [-0.25, -0.2) is 0 Å². The lowest BCUT2D eigenvalue weighted by Gasteiger charge is -2.21. The van der Waals surface area contributed by atoms with Gasteiger partial charge >= 0.3 is 0 Å². The maximum absolute atomic E-state index is 5.41. The number of nitrogens with zero attached hydrogens (tertiary/aromatic N) is 1. The van der Waals surface area contributed by atoms with Crippen LogP contribution >= 0.6 is 0 Å². The van der Waals surface area contributed by atoms with Gasteiger partial charge in [-0.05, 0) is 6.07 Å². The molecule has 0 radical (unpaired) electrons. The lowest BCUT2D eigenvalue weighted by Crippen LogP contribution is -2.29. The standard InChI is InChI=1S/C10H11N3O/c1-3-11-10(7-5-12-13-6-7)8-2-4-14-9(1)8/h2,4-6,10-11H,1,3H2,(H,12,13). The van der Waals surface area contributed by atoms with E-state index in [2.05, 4.69) is 15.5 Å². The van der Waals surface area contributed by atoms with E-state index < -0.39 is 0 Å². The van der Waals surface area contributed by atoms with Crippen LogP contribution in [0.3, 0.4) is 0 Å². The summed E-state index contributed by atoms with van der Waals surface area (Å²) in [6.45, 7) is 0.955. The summed E-state index contributed by atoms with van der Waals surface area (Å²) >= 11 is 0. The summed E-state index contributed by atoms with van der Waals surface area (Å²) in [4.78, 5) is 0. The van der Waals surface area contributed by atoms with E-state index in [9.17, 15) is 0 Å². The Balaban J connectivity index is 2.04. The largest absolute Gasteiger partial charge is 0.469 e. The Labute approximate surface area is 81.3 Å². The second kappa shape index (κ2) is 2.99. The van der Waals surface area contributed by atoms with Gasteiger partial charge in [-0.1, -0.05) is 0 Å². The van der Waals surface area contributed by atoms with Crippen LogP contribution in [0.1, 0.15) is 22.9 Å². The molecule has 0 spiro atoms. The minimum absolute atomic E-state index is 0.233. The Morgan fingerprint density at radius 3 is 3.36 bits per heavy atom. The molecule has 4 nitrogen and oxygen atoms in total. The summed E-state index contributed by atoms with van der Waals surface area (Å²) in [5.74, 6) is 1.09. The van der Waals surface area contributed by atoms with Crippen molar-refractivity contribution in [2.45, 2.75) is 12.5 Å². The van der Waals surface area contributed by atoms with E-state index in [0.717, 1.165) is 24.3 Å². The van der Waals surface area contributed by atoms with E-state index in [1.807, 2.05) is 18.5 Å². The van der Waals surface area contributed by atoms with Crippen LogP contribution in [0, 0.1) is 0 Å². The molecular formula is C10H11N3O. The highest BCUT2D eigenvalue weighted by atomic mass is 16.3. The van der Waals surface area contributed by atoms with Crippen LogP contribution in [0.25, 0.3) is 0 Å². The van der Waals surface area contributed by atoms with Gasteiger partial charge < -0.3 is 9.73 Å². The number of hydrogen-bond donors (Lipinski definition) is 2. The second-order valence-corrected chi connectivity index (χ2v) is 3.47. The van der Waals surface area contributed by atoms with Crippen LogP contribution in [0.4, 0.5) is 0 Å². The van der Waals surface area contributed by atoms with Crippen molar-refractivity contribution in [1.82, 2.24) is 15.5 Å². The van der Waals surface area contributed by atoms with Crippen molar-refractivity contribution in [3.63, 3.8) is 0 Å². The van der Waals surface area contributed by atoms with Crippen LogP contribution < -0.4 is 5.32 Å². The molecule has 2 N–H and O–H groups in total. The molecule has 1 aliphatic heterocycles. The number of hydrogen-bond acceptors (Lipinski definition) is 3. The van der Waals surface area contributed by atoms with Gasteiger partial charge in [-0.2, -0.15) is 5.10 Å². The first-order chi connectivity index (χ1) is 6.95. The van der Waals surface area contributed by atoms with Gasteiger partial charge in [0.2, 0.25) is 0 Å². The summed E-state index contributed by atoms with van der Waals surface area (Å²) in [7, 11) is 0. The summed E-state index contributed by atoms with van der Waals surface area (Å²) in [6, 6.07) is 2.26. The average Bonchev–Trinajstić information content (AvgIpc) is 2.88. The van der Waals surface area contributed by atoms with Crippen molar-refractivity contribution in [1.29, 1.82) is 0 Å². The van der Waals surface area contributed by atoms with Crippen molar-refractivity contribution in [3.05, 3.63) is 41.6 Å². The molecule has 0 fully saturated rings. The minimum atomic E-state index is 0.233. The zero-order valence-electron chi connectivity index (χ0n) is 7.66. The van der Waals surface area contributed by atoms with Gasteiger partial charge in [0.15, 0.2) is 0 Å². The van der Waals surface area contributed by atoms with Gasteiger partial charge in [0, 0.05) is 30.3 Å². The SMILES string of the molecule is c1cc2c(o1)CCNC2c1cn[nH]c1. The number of fused-ring (bicyclic) bond motifs is 1. The molecule has 1 unspecified atom stereocenters. The average molecular weight is 189 g/mol. The fourth-order valence-corrected chi connectivity index (χ4v) is 1.97. The topological polar surface area (TPSA) is 53.9 Å².